The molecule has 2 nitrogen and oxygen atoms in total. The number of thioether (sulfide) groups is 1. The summed E-state index contributed by atoms with van der Waals surface area (Å²) in [6, 6.07) is 8.16. The molecule has 0 spiro atoms. The Morgan fingerprint density at radius 1 is 1.27 bits per heavy atom. The maximum Gasteiger partial charge on any atom is 0.118 e. The van der Waals surface area contributed by atoms with E-state index in [-0.39, 0.29) is 39.9 Å². The van der Waals surface area contributed by atoms with Crippen LogP contribution in [0, 0.1) is 39.9 Å². The van der Waals surface area contributed by atoms with E-state index in [9.17, 15) is 0 Å². The monoisotopic (exact) mass is 460 g/mol. The number of ether oxygens (including phenoxy) is 1. The van der Waals surface area contributed by atoms with Gasteiger partial charge in [-0.25, -0.2) is 0 Å². The number of unbranched alkanes of at least 4 members (excludes halogenated alkanes) is 1. The summed E-state index contributed by atoms with van der Waals surface area (Å²) in [6.45, 7) is 6.26. The molecule has 0 aliphatic carbocycles. The second-order valence-electron chi connectivity index (χ2n) is 4.93. The number of rotatable bonds is 8. The molecule has 0 bridgehead atoms. The fourth-order valence-corrected chi connectivity index (χ4v) is 2.37. The third-order valence-corrected chi connectivity index (χ3v) is 3.71. The molecule has 22 heavy (non-hydrogen) atoms. The van der Waals surface area contributed by atoms with E-state index in [1.807, 2.05) is 32.1 Å². The molecule has 0 aliphatic rings. The van der Waals surface area contributed by atoms with E-state index in [1.165, 1.54) is 11.1 Å². The van der Waals surface area contributed by atoms with Gasteiger partial charge in [0.25, 0.3) is 0 Å². The molecule has 0 N–H and O–H groups in total. The van der Waals surface area contributed by atoms with Crippen molar-refractivity contribution in [1.82, 2.24) is 0 Å². The zero-order valence-electron chi connectivity index (χ0n) is 13.7. The van der Waals surface area contributed by atoms with Gasteiger partial charge >= 0.3 is 0 Å². The minimum absolute atomic E-state index is 0. The fourth-order valence-electron chi connectivity index (χ4n) is 1.51. The Labute approximate surface area is 171 Å². The van der Waals surface area contributed by atoms with Gasteiger partial charge < -0.3 is 9.73 Å². The predicted molar refractivity (Wildman–Crippen MR) is 94.1 cm³/mol. The molecule has 1 rings (SSSR count). The van der Waals surface area contributed by atoms with Gasteiger partial charge in [-0.05, 0) is 29.1 Å². The van der Waals surface area contributed by atoms with Gasteiger partial charge in [-0.1, -0.05) is 45.5 Å². The number of methoxy groups -OCH3 is 1. The predicted octanol–water partition coefficient (Wildman–Crippen LogP) is 5.48. The molecule has 1 aromatic rings. The van der Waals surface area contributed by atoms with Crippen molar-refractivity contribution in [2.75, 3.05) is 7.11 Å². The quantitative estimate of drug-likeness (QED) is 0.379. The molecular weight excluding hydrogens is 436 g/mol. The summed E-state index contributed by atoms with van der Waals surface area (Å²) < 4.78 is 5.17. The van der Waals surface area contributed by atoms with Crippen molar-refractivity contribution in [1.29, 1.82) is 0 Å². The van der Waals surface area contributed by atoms with E-state index >= 15 is 0 Å². The normalized spacial score (nSPS) is 11.2. The number of hydrogen-bond donors (Lipinski definition) is 0. The smallest absolute Gasteiger partial charge is 0.118 e. The van der Waals surface area contributed by atoms with Crippen molar-refractivity contribution in [3.63, 3.8) is 0 Å². The van der Waals surface area contributed by atoms with Crippen molar-refractivity contribution in [2.45, 2.75) is 39.4 Å². The van der Waals surface area contributed by atoms with Crippen LogP contribution < -0.4 is 4.74 Å². The van der Waals surface area contributed by atoms with Gasteiger partial charge in [0.05, 0.1) is 7.11 Å². The third-order valence-electron chi connectivity index (χ3n) is 2.68. The molecule has 0 unspecified atom stereocenters. The summed E-state index contributed by atoms with van der Waals surface area (Å²) in [6.07, 6.45) is 9.27. The first-order valence-electron chi connectivity index (χ1n) is 7.21. The summed E-state index contributed by atoms with van der Waals surface area (Å²) in [5, 5.41) is 1.03. The van der Waals surface area contributed by atoms with Gasteiger partial charge in [0.2, 0.25) is 0 Å². The van der Waals surface area contributed by atoms with Gasteiger partial charge in [0.1, 0.15) is 5.75 Å². The van der Waals surface area contributed by atoms with Crippen LogP contribution in [0.4, 0.5) is 0 Å². The standard InChI is InChI=1S/C18H24NOS.Gd/c1-5-6-7-18(19-13-12-15(2)3)21-14-16-8-10-17(20-4)11-9-16;/h7-12H,5-6,14H2,1-4H3;/q-1;/b18-7-;. The molecule has 4 heteroatoms. The van der Waals surface area contributed by atoms with Crippen LogP contribution in [0.1, 0.15) is 39.2 Å². The topological polar surface area (TPSA) is 21.6 Å². The Kier molecular flexibility index (Phi) is 13.2. The van der Waals surface area contributed by atoms with Gasteiger partial charge in [-0.2, -0.15) is 23.4 Å². The van der Waals surface area contributed by atoms with Crippen LogP contribution in [0.2, 0.25) is 0 Å². The second-order valence-corrected chi connectivity index (χ2v) is 5.93. The minimum Gasteiger partial charge on any atom is -0.497 e. The Hall–Kier alpha value is -0.155. The summed E-state index contributed by atoms with van der Waals surface area (Å²) in [5.41, 5.74) is 2.47. The molecule has 0 aliphatic heterocycles. The molecule has 0 atom stereocenters. The van der Waals surface area contributed by atoms with E-state index in [0.29, 0.717) is 0 Å². The van der Waals surface area contributed by atoms with Crippen LogP contribution >= 0.6 is 11.8 Å². The number of benzene rings is 1. The van der Waals surface area contributed by atoms with Crippen molar-refractivity contribution in [3.05, 3.63) is 52.6 Å². The van der Waals surface area contributed by atoms with Crippen LogP contribution in [0.15, 0.2) is 52.0 Å². The Balaban J connectivity index is 0.00000441. The second kappa shape index (κ2) is 13.3. The largest absolute Gasteiger partial charge is 0.497 e. The molecule has 0 saturated carbocycles. The van der Waals surface area contributed by atoms with Gasteiger partial charge in [0.15, 0.2) is 0 Å². The molecule has 122 valence electrons. The third kappa shape index (κ3) is 9.78. The van der Waals surface area contributed by atoms with Crippen LogP contribution in [-0.2, 0) is 5.75 Å². The van der Waals surface area contributed by atoms with E-state index in [4.69, 9.17) is 4.74 Å². The molecule has 1 aromatic carbocycles. The number of hydrogen-bond acceptors (Lipinski definition) is 3. The summed E-state index contributed by atoms with van der Waals surface area (Å²) in [5.74, 6) is 1.79. The minimum atomic E-state index is 0. The molecular formula is C18H24GdNOS-. The van der Waals surface area contributed by atoms with Crippen LogP contribution in [0.25, 0.3) is 0 Å². The molecule has 0 fully saturated rings. The molecule has 0 saturated heterocycles. The first-order chi connectivity index (χ1) is 10.2. The Morgan fingerprint density at radius 2 is 1.95 bits per heavy atom. The van der Waals surface area contributed by atoms with Gasteiger partial charge in [-0.15, -0.1) is 6.08 Å². The van der Waals surface area contributed by atoms with E-state index < -0.39 is 0 Å². The number of allylic oxidation sites excluding steroid dienone is 3. The average Bonchev–Trinajstić information content (AvgIpc) is 2.49. The van der Waals surface area contributed by atoms with E-state index in [1.54, 1.807) is 18.9 Å². The number of nitrogens with zero attached hydrogens (tertiary/aromatic N) is 1. The number of aliphatic imine (C=N–C) groups is 1. The van der Waals surface area contributed by atoms with E-state index in [2.05, 4.69) is 36.3 Å². The summed E-state index contributed by atoms with van der Waals surface area (Å²) >= 11 is 1.74. The zero-order chi connectivity index (χ0) is 15.5. The Bertz CT molecular complexity index is 502. The van der Waals surface area contributed by atoms with Gasteiger partial charge in [-0.3, -0.25) is 0 Å². The molecule has 0 heterocycles. The average molecular weight is 460 g/mol. The summed E-state index contributed by atoms with van der Waals surface area (Å²) in [4.78, 5) is 4.42. The molecule has 0 aromatic heterocycles. The van der Waals surface area contributed by atoms with Crippen molar-refractivity contribution < 1.29 is 44.7 Å². The molecule has 0 radical (unpaired) electrons. The fraction of sp³-hybridized carbons (Fsp3) is 0.389. The van der Waals surface area contributed by atoms with Gasteiger partial charge in [0, 0.05) is 45.7 Å². The Morgan fingerprint density at radius 3 is 2.50 bits per heavy atom. The van der Waals surface area contributed by atoms with Crippen molar-refractivity contribution >= 4 is 18.0 Å². The van der Waals surface area contributed by atoms with Crippen molar-refractivity contribution in [3.8, 4) is 5.75 Å². The maximum atomic E-state index is 5.17. The maximum absolute atomic E-state index is 5.17. The van der Waals surface area contributed by atoms with Crippen LogP contribution in [0.5, 0.6) is 5.75 Å². The van der Waals surface area contributed by atoms with E-state index in [0.717, 1.165) is 29.4 Å². The zero-order valence-corrected chi connectivity index (χ0v) is 16.8. The first-order valence-corrected chi connectivity index (χ1v) is 8.19. The SMILES string of the molecule is CCC/C=C(/N=[C-]C=C(C)C)SCc1ccc(OC)cc1.[Gd]. The van der Waals surface area contributed by atoms with Crippen molar-refractivity contribution in [2.24, 2.45) is 4.99 Å². The molecule has 0 amide bonds. The van der Waals surface area contributed by atoms with Crippen LogP contribution in [-0.4, -0.2) is 13.3 Å². The van der Waals surface area contributed by atoms with Crippen LogP contribution in [0.3, 0.4) is 0 Å². The first kappa shape index (κ1) is 21.8. The summed E-state index contributed by atoms with van der Waals surface area (Å²) in [7, 11) is 1.68.